The predicted octanol–water partition coefficient (Wildman–Crippen LogP) is 2.86. The van der Waals surface area contributed by atoms with E-state index in [0.717, 1.165) is 12.0 Å². The smallest absolute Gasteiger partial charge is 0.410 e. The van der Waals surface area contributed by atoms with E-state index in [2.05, 4.69) is 15.3 Å². The lowest BCUT2D eigenvalue weighted by Crippen LogP contribution is -2.36. The van der Waals surface area contributed by atoms with Crippen LogP contribution in [0.15, 0.2) is 6.20 Å². The molecular weight excluding hydrogens is 292 g/mol. The molecule has 1 N–H and O–H groups in total. The van der Waals surface area contributed by atoms with Crippen LogP contribution in [0, 0.1) is 6.92 Å². The highest BCUT2D eigenvalue weighted by atomic mass is 35.5. The number of aryl methyl sites for hydroxylation is 1. The van der Waals surface area contributed by atoms with Gasteiger partial charge in [0.2, 0.25) is 5.28 Å². The molecule has 1 aromatic rings. The maximum Gasteiger partial charge on any atom is 0.410 e. The van der Waals surface area contributed by atoms with Crippen LogP contribution in [0.5, 0.6) is 0 Å². The Morgan fingerprint density at radius 3 is 2.90 bits per heavy atom. The van der Waals surface area contributed by atoms with Gasteiger partial charge < -0.3 is 15.0 Å². The number of nitrogens with zero attached hydrogens (tertiary/aromatic N) is 3. The normalized spacial score (nSPS) is 18.7. The van der Waals surface area contributed by atoms with Gasteiger partial charge >= 0.3 is 6.09 Å². The van der Waals surface area contributed by atoms with E-state index in [9.17, 15) is 4.79 Å². The zero-order chi connectivity index (χ0) is 15.6. The molecule has 2 heterocycles. The van der Waals surface area contributed by atoms with Crippen LogP contribution in [0.3, 0.4) is 0 Å². The van der Waals surface area contributed by atoms with Crippen molar-refractivity contribution >= 4 is 23.5 Å². The van der Waals surface area contributed by atoms with Crippen LogP contribution < -0.4 is 5.32 Å². The molecule has 0 spiro atoms. The van der Waals surface area contributed by atoms with Gasteiger partial charge in [0.05, 0.1) is 0 Å². The van der Waals surface area contributed by atoms with E-state index in [-0.39, 0.29) is 17.4 Å². The highest BCUT2D eigenvalue weighted by Gasteiger charge is 2.30. The van der Waals surface area contributed by atoms with Crippen LogP contribution in [0.1, 0.15) is 32.8 Å². The van der Waals surface area contributed by atoms with Crippen molar-refractivity contribution < 1.29 is 9.53 Å². The molecule has 1 aromatic heterocycles. The predicted molar refractivity (Wildman–Crippen MR) is 81.6 cm³/mol. The van der Waals surface area contributed by atoms with Gasteiger partial charge in [0.25, 0.3) is 0 Å². The minimum Gasteiger partial charge on any atom is -0.444 e. The van der Waals surface area contributed by atoms with Gasteiger partial charge in [0, 0.05) is 30.9 Å². The topological polar surface area (TPSA) is 67.4 Å². The van der Waals surface area contributed by atoms with Crippen molar-refractivity contribution in [3.8, 4) is 0 Å². The molecule has 0 saturated carbocycles. The second-order valence-corrected chi connectivity index (χ2v) is 6.57. The first-order valence-corrected chi connectivity index (χ1v) is 7.36. The largest absolute Gasteiger partial charge is 0.444 e. The zero-order valence-corrected chi connectivity index (χ0v) is 13.6. The van der Waals surface area contributed by atoms with Crippen molar-refractivity contribution in [1.82, 2.24) is 14.9 Å². The number of carbonyl (C=O) groups excluding carboxylic acids is 1. The summed E-state index contributed by atoms with van der Waals surface area (Å²) in [5, 5.41) is 3.53. The number of hydrogen-bond donors (Lipinski definition) is 1. The molecule has 1 aliphatic heterocycles. The third-order valence-electron chi connectivity index (χ3n) is 3.12. The molecule has 6 nitrogen and oxygen atoms in total. The van der Waals surface area contributed by atoms with Gasteiger partial charge in [0.15, 0.2) is 0 Å². The Labute approximate surface area is 129 Å². The van der Waals surface area contributed by atoms with E-state index < -0.39 is 5.60 Å². The highest BCUT2D eigenvalue weighted by Crippen LogP contribution is 2.20. The van der Waals surface area contributed by atoms with E-state index in [1.165, 1.54) is 0 Å². The fourth-order valence-electron chi connectivity index (χ4n) is 2.13. The Morgan fingerprint density at radius 2 is 2.24 bits per heavy atom. The zero-order valence-electron chi connectivity index (χ0n) is 12.8. The summed E-state index contributed by atoms with van der Waals surface area (Å²) in [6, 6.07) is 0.141. The Bertz CT molecular complexity index is 530. The van der Waals surface area contributed by atoms with Crippen molar-refractivity contribution in [3.05, 3.63) is 17.0 Å². The number of rotatable bonds is 2. The minimum atomic E-state index is -0.473. The number of amides is 1. The molecule has 0 aliphatic carbocycles. The summed E-state index contributed by atoms with van der Waals surface area (Å²) in [5.41, 5.74) is 0.453. The molecule has 2 rings (SSSR count). The van der Waals surface area contributed by atoms with E-state index in [0.29, 0.717) is 18.9 Å². The summed E-state index contributed by atoms with van der Waals surface area (Å²) in [5.74, 6) is 0.714. The molecule has 1 unspecified atom stereocenters. The van der Waals surface area contributed by atoms with Crippen molar-refractivity contribution in [2.75, 3.05) is 18.4 Å². The highest BCUT2D eigenvalue weighted by molar-refractivity contribution is 6.28. The molecule has 0 aromatic carbocycles. The molecule has 1 fully saturated rings. The van der Waals surface area contributed by atoms with Crippen molar-refractivity contribution in [3.63, 3.8) is 0 Å². The summed E-state index contributed by atoms with van der Waals surface area (Å²) in [6.07, 6.45) is 2.25. The summed E-state index contributed by atoms with van der Waals surface area (Å²) >= 11 is 5.81. The summed E-state index contributed by atoms with van der Waals surface area (Å²) in [6.45, 7) is 8.77. The first-order chi connectivity index (χ1) is 9.74. The Balaban J connectivity index is 1.93. The lowest BCUT2D eigenvalue weighted by Gasteiger charge is -2.24. The van der Waals surface area contributed by atoms with Gasteiger partial charge in [-0.25, -0.2) is 14.8 Å². The van der Waals surface area contributed by atoms with E-state index in [1.807, 2.05) is 27.7 Å². The van der Waals surface area contributed by atoms with Crippen LogP contribution in [0.4, 0.5) is 10.6 Å². The Kier molecular flexibility index (Phi) is 4.56. The molecule has 0 radical (unpaired) electrons. The van der Waals surface area contributed by atoms with Gasteiger partial charge in [0.1, 0.15) is 11.4 Å². The van der Waals surface area contributed by atoms with Gasteiger partial charge in [-0.05, 0) is 45.7 Å². The summed E-state index contributed by atoms with van der Waals surface area (Å²) < 4.78 is 5.38. The molecule has 21 heavy (non-hydrogen) atoms. The van der Waals surface area contributed by atoms with Crippen LogP contribution >= 0.6 is 11.6 Å². The third-order valence-corrected chi connectivity index (χ3v) is 3.31. The van der Waals surface area contributed by atoms with Crippen LogP contribution in [0.2, 0.25) is 5.28 Å². The number of nitrogens with one attached hydrogen (secondary N) is 1. The van der Waals surface area contributed by atoms with Gasteiger partial charge in [-0.2, -0.15) is 0 Å². The maximum atomic E-state index is 12.0. The molecular formula is C14H21ClN4O2. The van der Waals surface area contributed by atoms with E-state index >= 15 is 0 Å². The summed E-state index contributed by atoms with van der Waals surface area (Å²) in [4.78, 5) is 21.8. The second-order valence-electron chi connectivity index (χ2n) is 6.23. The van der Waals surface area contributed by atoms with Crippen molar-refractivity contribution in [1.29, 1.82) is 0 Å². The fourth-order valence-corrected chi connectivity index (χ4v) is 2.26. The Hall–Kier alpha value is -1.56. The number of halogens is 1. The number of carbonyl (C=O) groups is 1. The maximum absolute atomic E-state index is 12.0. The Morgan fingerprint density at radius 1 is 1.52 bits per heavy atom. The van der Waals surface area contributed by atoms with Gasteiger partial charge in [-0.15, -0.1) is 0 Å². The number of aromatic nitrogens is 2. The first-order valence-electron chi connectivity index (χ1n) is 6.98. The number of likely N-dealkylation sites (tertiary alicyclic amines) is 1. The molecule has 1 amide bonds. The number of anilines is 1. The SMILES string of the molecule is Cc1cnc(Cl)nc1NC1CCN(C(=O)OC(C)(C)C)C1. The first kappa shape index (κ1) is 15.8. The van der Waals surface area contributed by atoms with Gasteiger partial charge in [-0.3, -0.25) is 0 Å². The minimum absolute atomic E-state index is 0.141. The van der Waals surface area contributed by atoms with E-state index in [4.69, 9.17) is 16.3 Å². The second kappa shape index (κ2) is 6.05. The standard InChI is InChI=1S/C14H21ClN4O2/c1-9-7-16-12(15)18-11(9)17-10-5-6-19(8-10)13(20)21-14(2,3)4/h7,10H,5-6,8H2,1-4H3,(H,16,17,18). The van der Waals surface area contributed by atoms with Crippen molar-refractivity contribution in [2.45, 2.75) is 45.8 Å². The van der Waals surface area contributed by atoms with E-state index in [1.54, 1.807) is 11.1 Å². The van der Waals surface area contributed by atoms with Crippen LogP contribution in [-0.4, -0.2) is 45.7 Å². The molecule has 1 aliphatic rings. The fraction of sp³-hybridized carbons (Fsp3) is 0.643. The lowest BCUT2D eigenvalue weighted by molar-refractivity contribution is 0.0293. The van der Waals surface area contributed by atoms with Crippen LogP contribution in [0.25, 0.3) is 0 Å². The third kappa shape index (κ3) is 4.46. The number of ether oxygens (including phenoxy) is 1. The molecule has 1 saturated heterocycles. The number of hydrogen-bond acceptors (Lipinski definition) is 5. The lowest BCUT2D eigenvalue weighted by atomic mass is 10.2. The average molecular weight is 313 g/mol. The van der Waals surface area contributed by atoms with Gasteiger partial charge in [-0.1, -0.05) is 0 Å². The molecule has 1 atom stereocenters. The van der Waals surface area contributed by atoms with Crippen LogP contribution in [-0.2, 0) is 4.74 Å². The van der Waals surface area contributed by atoms with Crippen molar-refractivity contribution in [2.24, 2.45) is 0 Å². The monoisotopic (exact) mass is 312 g/mol. The average Bonchev–Trinajstić information content (AvgIpc) is 2.80. The molecule has 116 valence electrons. The molecule has 0 bridgehead atoms. The summed E-state index contributed by atoms with van der Waals surface area (Å²) in [7, 11) is 0. The quantitative estimate of drug-likeness (QED) is 0.851. The molecule has 7 heteroatoms.